The predicted molar refractivity (Wildman–Crippen MR) is 133 cm³/mol. The molecule has 5 atom stereocenters. The third kappa shape index (κ3) is 7.55. The van der Waals surface area contributed by atoms with Crippen LogP contribution in [-0.4, -0.2) is 60.7 Å². The minimum absolute atomic E-state index is 0.213. The molecule has 0 radical (unpaired) electrons. The van der Waals surface area contributed by atoms with E-state index in [1.165, 1.54) is 11.8 Å². The van der Waals surface area contributed by atoms with Gasteiger partial charge in [0.05, 0.1) is 12.2 Å². The van der Waals surface area contributed by atoms with Gasteiger partial charge in [-0.05, 0) is 37.1 Å². The van der Waals surface area contributed by atoms with E-state index in [4.69, 9.17) is 18.9 Å². The number of ether oxygens (including phenoxy) is 4. The van der Waals surface area contributed by atoms with Crippen LogP contribution in [0.1, 0.15) is 49.9 Å². The number of aliphatic hydroxyl groups is 1. The number of hydrogen-bond acceptors (Lipinski definition) is 7. The largest absolute Gasteiger partial charge is 0.452 e. The van der Waals surface area contributed by atoms with E-state index < -0.39 is 35.8 Å². The highest BCUT2D eigenvalue weighted by Gasteiger charge is 2.49. The van der Waals surface area contributed by atoms with E-state index in [0.29, 0.717) is 18.8 Å². The minimum atomic E-state index is -0.718. The molecule has 186 valence electrons. The van der Waals surface area contributed by atoms with Crippen molar-refractivity contribution in [1.82, 2.24) is 0 Å². The van der Waals surface area contributed by atoms with Crippen LogP contribution < -0.4 is 0 Å². The molecule has 1 fully saturated rings. The highest BCUT2D eigenvalue weighted by atomic mass is 32.2. The molecule has 7 heteroatoms. The second kappa shape index (κ2) is 14.5. The van der Waals surface area contributed by atoms with Crippen LogP contribution in [-0.2, 0) is 18.9 Å². The molecule has 0 spiro atoms. The molecule has 1 heterocycles. The molecular weight excluding hydrogens is 452 g/mol. The van der Waals surface area contributed by atoms with Gasteiger partial charge in [0.1, 0.15) is 23.7 Å². The quantitative estimate of drug-likeness (QED) is 0.311. The van der Waals surface area contributed by atoms with Gasteiger partial charge in [0.25, 0.3) is 0 Å². The lowest BCUT2D eigenvalue weighted by molar-refractivity contribution is -0.234. The van der Waals surface area contributed by atoms with Gasteiger partial charge in [0, 0.05) is 18.1 Å². The molecule has 6 nitrogen and oxygen atoms in total. The molecule has 0 aliphatic carbocycles. The van der Waals surface area contributed by atoms with Gasteiger partial charge >= 0.3 is 5.97 Å². The highest BCUT2D eigenvalue weighted by Crippen LogP contribution is 2.37. The molecule has 3 rings (SSSR count). The molecule has 1 N–H and O–H groups in total. The normalized spacial score (nSPS) is 24.6. The zero-order valence-electron chi connectivity index (χ0n) is 20.0. The second-order valence-electron chi connectivity index (χ2n) is 8.27. The fraction of sp³-hybridized carbons (Fsp3) is 0.519. The Kier molecular flexibility index (Phi) is 11.4. The number of thioether (sulfide) groups is 1. The van der Waals surface area contributed by atoms with E-state index in [9.17, 15) is 9.90 Å². The van der Waals surface area contributed by atoms with Crippen molar-refractivity contribution in [3.63, 3.8) is 0 Å². The van der Waals surface area contributed by atoms with Crippen LogP contribution in [0.2, 0.25) is 0 Å². The molecule has 0 amide bonds. The molecule has 0 bridgehead atoms. The molecule has 0 saturated carbocycles. The zero-order chi connectivity index (χ0) is 24.2. The van der Waals surface area contributed by atoms with Crippen LogP contribution in [0.15, 0.2) is 65.6 Å². The Hall–Kier alpha value is -1.90. The number of hydrogen-bond donors (Lipinski definition) is 1. The first-order valence-electron chi connectivity index (χ1n) is 12.1. The van der Waals surface area contributed by atoms with E-state index in [2.05, 4.69) is 13.8 Å². The topological polar surface area (TPSA) is 74.2 Å². The SMILES string of the molecule is CCCCOC1[C@@H](OCCCC)C(CO)O[C@@H](Sc2ccccc2)[C@H]1OC(=O)c1ccccc1. The lowest BCUT2D eigenvalue weighted by atomic mass is 9.99. The zero-order valence-corrected chi connectivity index (χ0v) is 20.8. The van der Waals surface area contributed by atoms with Gasteiger partial charge in [-0.25, -0.2) is 4.79 Å². The molecule has 34 heavy (non-hydrogen) atoms. The standard InChI is InChI=1S/C27H36O6S/c1-3-5-17-30-23-22(19-28)32-27(34-21-15-11-8-12-16-21)25(24(23)31-18-6-4-2)33-26(29)20-13-9-7-10-14-20/h7-16,22-25,27-28H,3-6,17-19H2,1-2H3/t22?,23-,24?,25-,27-/m0/s1. The minimum Gasteiger partial charge on any atom is -0.452 e. The van der Waals surface area contributed by atoms with Crippen molar-refractivity contribution >= 4 is 17.7 Å². The van der Waals surface area contributed by atoms with Crippen LogP contribution in [0.5, 0.6) is 0 Å². The first-order valence-corrected chi connectivity index (χ1v) is 13.0. The van der Waals surface area contributed by atoms with E-state index in [1.54, 1.807) is 24.3 Å². The van der Waals surface area contributed by atoms with Crippen molar-refractivity contribution in [2.75, 3.05) is 19.8 Å². The lowest BCUT2D eigenvalue weighted by Gasteiger charge is -2.45. The average molecular weight is 489 g/mol. The summed E-state index contributed by atoms with van der Waals surface area (Å²) >= 11 is 1.46. The maximum atomic E-state index is 13.1. The molecule has 1 aliphatic rings. The lowest BCUT2D eigenvalue weighted by Crippen LogP contribution is -2.60. The van der Waals surface area contributed by atoms with Crippen LogP contribution >= 0.6 is 11.8 Å². The Balaban J connectivity index is 1.90. The van der Waals surface area contributed by atoms with Crippen molar-refractivity contribution in [1.29, 1.82) is 0 Å². The second-order valence-corrected chi connectivity index (χ2v) is 9.44. The number of carbonyl (C=O) groups excluding carboxylic acids is 1. The van der Waals surface area contributed by atoms with Crippen molar-refractivity contribution < 1.29 is 28.8 Å². The summed E-state index contributed by atoms with van der Waals surface area (Å²) in [4.78, 5) is 14.0. The highest BCUT2D eigenvalue weighted by molar-refractivity contribution is 7.99. The Morgan fingerprint density at radius 3 is 2.06 bits per heavy atom. The maximum Gasteiger partial charge on any atom is 0.338 e. The fourth-order valence-corrected chi connectivity index (χ4v) is 4.89. The first kappa shape index (κ1) is 26.7. The summed E-state index contributed by atoms with van der Waals surface area (Å²) in [7, 11) is 0. The monoisotopic (exact) mass is 488 g/mol. The van der Waals surface area contributed by atoms with Gasteiger partial charge in [-0.15, -0.1) is 0 Å². The molecule has 2 aromatic rings. The summed E-state index contributed by atoms with van der Waals surface area (Å²) in [6.45, 7) is 5.01. The number of benzene rings is 2. The Morgan fingerprint density at radius 2 is 1.47 bits per heavy atom. The van der Waals surface area contributed by atoms with Gasteiger partial charge in [-0.2, -0.15) is 0 Å². The third-order valence-corrected chi connectivity index (χ3v) is 6.79. The van der Waals surface area contributed by atoms with Gasteiger partial charge in [0.2, 0.25) is 0 Å². The van der Waals surface area contributed by atoms with Gasteiger partial charge in [0.15, 0.2) is 6.10 Å². The average Bonchev–Trinajstić information content (AvgIpc) is 2.87. The van der Waals surface area contributed by atoms with Gasteiger partial charge in [-0.3, -0.25) is 0 Å². The fourth-order valence-electron chi connectivity index (χ4n) is 3.76. The molecule has 2 unspecified atom stereocenters. The number of aliphatic hydroxyl groups excluding tert-OH is 1. The number of esters is 1. The first-order chi connectivity index (χ1) is 16.7. The third-order valence-electron chi connectivity index (χ3n) is 5.64. The molecule has 1 saturated heterocycles. The summed E-state index contributed by atoms with van der Waals surface area (Å²) in [5.41, 5.74) is -0.101. The van der Waals surface area contributed by atoms with E-state index >= 15 is 0 Å². The maximum absolute atomic E-state index is 13.1. The molecular formula is C27H36O6S. The number of carbonyl (C=O) groups is 1. The van der Waals surface area contributed by atoms with Crippen molar-refractivity contribution in [2.45, 2.75) is 74.3 Å². The van der Waals surface area contributed by atoms with Crippen LogP contribution in [0.25, 0.3) is 0 Å². The summed E-state index contributed by atoms with van der Waals surface area (Å²) in [5, 5.41) is 10.2. The predicted octanol–water partition coefficient (Wildman–Crippen LogP) is 5.09. The van der Waals surface area contributed by atoms with Gasteiger partial charge < -0.3 is 24.1 Å². The number of rotatable bonds is 13. The van der Waals surface area contributed by atoms with Crippen LogP contribution in [0.3, 0.4) is 0 Å². The Bertz CT molecular complexity index is 834. The summed E-state index contributed by atoms with van der Waals surface area (Å²) < 4.78 is 24.8. The summed E-state index contributed by atoms with van der Waals surface area (Å²) in [5.74, 6) is -0.438. The molecule has 1 aliphatic heterocycles. The van der Waals surface area contributed by atoms with Gasteiger partial charge in [-0.1, -0.05) is 74.8 Å². The van der Waals surface area contributed by atoms with Crippen LogP contribution in [0, 0.1) is 0 Å². The summed E-state index contributed by atoms with van der Waals surface area (Å²) in [6.07, 6.45) is 1.30. The van der Waals surface area contributed by atoms with E-state index in [1.807, 2.05) is 36.4 Å². The van der Waals surface area contributed by atoms with Crippen LogP contribution in [0.4, 0.5) is 0 Å². The number of unbranched alkanes of at least 4 members (excludes halogenated alkanes) is 2. The molecule has 2 aromatic carbocycles. The smallest absolute Gasteiger partial charge is 0.338 e. The van der Waals surface area contributed by atoms with Crippen molar-refractivity contribution in [3.8, 4) is 0 Å². The Morgan fingerprint density at radius 1 is 0.882 bits per heavy atom. The van der Waals surface area contributed by atoms with Crippen molar-refractivity contribution in [2.24, 2.45) is 0 Å². The molecule has 0 aromatic heterocycles. The van der Waals surface area contributed by atoms with E-state index in [0.717, 1.165) is 30.6 Å². The van der Waals surface area contributed by atoms with Crippen molar-refractivity contribution in [3.05, 3.63) is 66.2 Å². The van der Waals surface area contributed by atoms with E-state index in [-0.39, 0.29) is 6.61 Å². The Labute approximate surface area is 206 Å². The summed E-state index contributed by atoms with van der Waals surface area (Å²) in [6, 6.07) is 18.7.